The molecule has 7 heteroatoms. The number of carbonyl (C=O) groups is 2. The van der Waals surface area contributed by atoms with Gasteiger partial charge in [-0.05, 0) is 6.42 Å². The first-order chi connectivity index (χ1) is 6.51. The van der Waals surface area contributed by atoms with Gasteiger partial charge in [-0.2, -0.15) is 0 Å². The summed E-state index contributed by atoms with van der Waals surface area (Å²) in [5, 5.41) is 17.8. The molecule has 0 radical (unpaired) electrons. The summed E-state index contributed by atoms with van der Waals surface area (Å²) in [6.45, 7) is 6.14. The van der Waals surface area contributed by atoms with Crippen LogP contribution in [0.1, 0.15) is 6.42 Å². The highest BCUT2D eigenvalue weighted by Crippen LogP contribution is 2.32. The fraction of sp³-hybridized carbons (Fsp3) is 0.750. The zero-order chi connectivity index (χ0) is 12.4. The maximum absolute atomic E-state index is 10.9. The van der Waals surface area contributed by atoms with Crippen molar-refractivity contribution in [1.29, 1.82) is 0 Å². The van der Waals surface area contributed by atoms with E-state index >= 15 is 0 Å². The number of hydrogen-bond acceptors (Lipinski definition) is 2. The molecule has 88 valence electrons. The number of hydrogen-bond donors (Lipinski definition) is 2. The number of alkyl halides is 2. The lowest BCUT2D eigenvalue weighted by Crippen LogP contribution is -2.47. The minimum Gasteiger partial charge on any atom is -0.480 e. The lowest BCUT2D eigenvalue weighted by Gasteiger charge is -2.28. The van der Waals surface area contributed by atoms with Gasteiger partial charge in [-0.25, -0.2) is 0 Å². The van der Waals surface area contributed by atoms with E-state index in [0.29, 0.717) is 0 Å². The summed E-state index contributed by atoms with van der Waals surface area (Å²) in [7, 11) is -1.60. The minimum atomic E-state index is -1.89. The summed E-state index contributed by atoms with van der Waals surface area (Å²) in [5.74, 6) is -2.73. The molecule has 0 aromatic carbocycles. The van der Waals surface area contributed by atoms with Crippen molar-refractivity contribution in [3.05, 3.63) is 0 Å². The molecule has 15 heavy (non-hydrogen) atoms. The molecule has 0 aromatic rings. The van der Waals surface area contributed by atoms with Crippen molar-refractivity contribution in [2.45, 2.75) is 34.8 Å². The second-order valence-electron chi connectivity index (χ2n) is 4.45. The lowest BCUT2D eigenvalue weighted by atomic mass is 10.1. The van der Waals surface area contributed by atoms with Gasteiger partial charge in [-0.3, -0.25) is 9.59 Å². The molecule has 0 amide bonds. The summed E-state index contributed by atoms with van der Waals surface area (Å²) in [6.07, 6.45) is 0.0351. The minimum absolute atomic E-state index is 0.0351. The van der Waals surface area contributed by atoms with E-state index in [4.69, 9.17) is 10.2 Å². The van der Waals surface area contributed by atoms with Gasteiger partial charge in [-0.15, -0.1) is 0 Å². The van der Waals surface area contributed by atoms with Crippen LogP contribution in [0, 0.1) is 0 Å². The van der Waals surface area contributed by atoms with Crippen LogP contribution >= 0.6 is 31.9 Å². The van der Waals surface area contributed by atoms with E-state index in [2.05, 4.69) is 31.9 Å². The highest BCUT2D eigenvalue weighted by molar-refractivity contribution is 9.11. The van der Waals surface area contributed by atoms with Gasteiger partial charge in [0, 0.05) is 4.45 Å². The van der Waals surface area contributed by atoms with Crippen molar-refractivity contribution >= 4 is 51.9 Å². The van der Waals surface area contributed by atoms with Gasteiger partial charge in [0.25, 0.3) is 0 Å². The lowest BCUT2D eigenvalue weighted by molar-refractivity contribution is -0.151. The predicted octanol–water partition coefficient (Wildman–Crippen LogP) is 2.32. The van der Waals surface area contributed by atoms with Gasteiger partial charge >= 0.3 is 11.9 Å². The molecule has 1 unspecified atom stereocenters. The largest absolute Gasteiger partial charge is 0.480 e. The van der Waals surface area contributed by atoms with E-state index in [9.17, 15) is 9.59 Å². The molecule has 0 aliphatic carbocycles. The molecular formula is C8H14Br2O4Si. The molecule has 0 aliphatic heterocycles. The third kappa shape index (κ3) is 3.88. The molecule has 4 nitrogen and oxygen atoms in total. The van der Waals surface area contributed by atoms with E-state index in [1.165, 1.54) is 0 Å². The van der Waals surface area contributed by atoms with Crippen LogP contribution in [0.25, 0.3) is 0 Å². The summed E-state index contributed by atoms with van der Waals surface area (Å²) in [5.41, 5.74) is 0. The van der Waals surface area contributed by atoms with Crippen molar-refractivity contribution in [3.63, 3.8) is 0 Å². The van der Waals surface area contributed by atoms with Gasteiger partial charge < -0.3 is 10.2 Å². The van der Waals surface area contributed by atoms with Crippen LogP contribution in [0.3, 0.4) is 0 Å². The van der Waals surface area contributed by atoms with Gasteiger partial charge in [-0.1, -0.05) is 51.5 Å². The van der Waals surface area contributed by atoms with Crippen LogP contribution < -0.4 is 0 Å². The van der Waals surface area contributed by atoms with Crippen LogP contribution in [-0.2, 0) is 9.59 Å². The van der Waals surface area contributed by atoms with Crippen LogP contribution in [0.4, 0.5) is 0 Å². The van der Waals surface area contributed by atoms with Crippen molar-refractivity contribution in [3.8, 4) is 0 Å². The molecule has 0 fully saturated rings. The van der Waals surface area contributed by atoms with Gasteiger partial charge in [0.2, 0.25) is 4.32 Å². The van der Waals surface area contributed by atoms with Gasteiger partial charge in [0.05, 0.1) is 8.07 Å². The zero-order valence-electron chi connectivity index (χ0n) is 8.75. The molecule has 0 heterocycles. The Labute approximate surface area is 106 Å². The highest BCUT2D eigenvalue weighted by Gasteiger charge is 2.47. The molecule has 2 N–H and O–H groups in total. The molecular weight excluding hydrogens is 348 g/mol. The maximum atomic E-state index is 10.9. The van der Waals surface area contributed by atoms with E-state index in [-0.39, 0.29) is 10.9 Å². The molecule has 1 atom stereocenters. The van der Waals surface area contributed by atoms with Gasteiger partial charge in [0.15, 0.2) is 0 Å². The van der Waals surface area contributed by atoms with E-state index in [1.807, 2.05) is 19.6 Å². The Balaban J connectivity index is 4.87. The van der Waals surface area contributed by atoms with E-state index in [0.717, 1.165) is 0 Å². The Morgan fingerprint density at radius 3 is 1.80 bits per heavy atom. The Morgan fingerprint density at radius 2 is 1.60 bits per heavy atom. The Bertz CT molecular complexity index is 260. The second-order valence-corrected chi connectivity index (χ2v) is 13.2. The molecule has 0 saturated heterocycles. The summed E-state index contributed by atoms with van der Waals surface area (Å²) >= 11 is 6.18. The molecule has 0 bridgehead atoms. The maximum Gasteiger partial charge on any atom is 0.332 e. The van der Waals surface area contributed by atoms with Crippen LogP contribution in [0.15, 0.2) is 0 Å². The quantitative estimate of drug-likeness (QED) is 0.447. The number of rotatable bonds is 5. The number of halogens is 2. The van der Waals surface area contributed by atoms with E-state index in [1.54, 1.807) is 0 Å². The SMILES string of the molecule is C[Si](C)(C)C(Br)CC(Br)(C(=O)O)C(=O)O. The summed E-state index contributed by atoms with van der Waals surface area (Å²) in [6, 6.07) is 0. The van der Waals surface area contributed by atoms with Crippen molar-refractivity contribution in [1.82, 2.24) is 0 Å². The number of aliphatic carboxylic acids is 2. The average Bonchev–Trinajstić information content (AvgIpc) is 2.01. The summed E-state index contributed by atoms with van der Waals surface area (Å²) < 4.78 is -1.96. The van der Waals surface area contributed by atoms with Gasteiger partial charge in [0.1, 0.15) is 0 Å². The average molecular weight is 362 g/mol. The number of carboxylic acids is 2. The summed E-state index contributed by atoms with van der Waals surface area (Å²) in [4.78, 5) is 21.8. The first-order valence-corrected chi connectivity index (χ1v) is 9.60. The normalized spacial score (nSPS) is 14.7. The first-order valence-electron chi connectivity index (χ1n) is 4.31. The van der Waals surface area contributed by atoms with Crippen molar-refractivity contribution in [2.24, 2.45) is 0 Å². The van der Waals surface area contributed by atoms with E-state index < -0.39 is 24.3 Å². The molecule has 0 spiro atoms. The third-order valence-electron chi connectivity index (χ3n) is 2.08. The molecule has 0 saturated carbocycles. The standard InChI is InChI=1S/C8H14Br2O4Si/c1-15(2,3)5(9)4-8(10,6(11)12)7(13)14/h5H,4H2,1-3H3,(H,11,12)(H,13,14). The molecule has 0 rings (SSSR count). The first kappa shape index (κ1) is 15.1. The molecule has 0 aromatic heterocycles. The van der Waals surface area contributed by atoms with Crippen LogP contribution in [0.5, 0.6) is 0 Å². The second kappa shape index (κ2) is 4.97. The van der Waals surface area contributed by atoms with Crippen LogP contribution in [-0.4, -0.2) is 39.0 Å². The topological polar surface area (TPSA) is 74.6 Å². The van der Waals surface area contributed by atoms with Crippen molar-refractivity contribution in [2.75, 3.05) is 0 Å². The monoisotopic (exact) mass is 360 g/mol. The third-order valence-corrected chi connectivity index (χ3v) is 9.61. The Kier molecular flexibility index (Phi) is 5.00. The number of carboxylic acid groups (broad SMARTS) is 2. The fourth-order valence-electron chi connectivity index (χ4n) is 0.819. The van der Waals surface area contributed by atoms with Crippen LogP contribution in [0.2, 0.25) is 19.6 Å². The fourth-order valence-corrected chi connectivity index (χ4v) is 3.28. The molecule has 0 aliphatic rings. The zero-order valence-corrected chi connectivity index (χ0v) is 12.9. The van der Waals surface area contributed by atoms with Crippen molar-refractivity contribution < 1.29 is 19.8 Å². The Hall–Kier alpha value is 0.117. The predicted molar refractivity (Wildman–Crippen MR) is 67.6 cm³/mol. The smallest absolute Gasteiger partial charge is 0.332 e. The highest BCUT2D eigenvalue weighted by atomic mass is 79.9. The Morgan fingerprint density at radius 1 is 1.27 bits per heavy atom.